The minimum atomic E-state index is 0.164. The summed E-state index contributed by atoms with van der Waals surface area (Å²) in [6, 6.07) is 6.03. The van der Waals surface area contributed by atoms with Crippen LogP contribution in [0.2, 0.25) is 0 Å². The fraction of sp³-hybridized carbons (Fsp3) is 0.611. The molecule has 1 aliphatic rings. The Morgan fingerprint density at radius 1 is 1.19 bits per heavy atom. The number of hydrogen-bond acceptors (Lipinski definition) is 1. The average Bonchev–Trinajstić information content (AvgIpc) is 2.41. The smallest absolute Gasteiger partial charge is 0.227 e. The molecule has 0 aromatic heterocycles. The maximum Gasteiger partial charge on any atom is 0.227 e. The molecule has 0 saturated heterocycles. The third kappa shape index (κ3) is 4.32. The van der Waals surface area contributed by atoms with Gasteiger partial charge in [0.15, 0.2) is 0 Å². The molecule has 21 heavy (non-hydrogen) atoms. The lowest BCUT2D eigenvalue weighted by Gasteiger charge is -2.36. The third-order valence-electron chi connectivity index (χ3n) is 4.71. The van der Waals surface area contributed by atoms with E-state index in [-0.39, 0.29) is 11.8 Å². The number of rotatable bonds is 2. The van der Waals surface area contributed by atoms with Crippen molar-refractivity contribution in [3.05, 3.63) is 28.2 Å². The quantitative estimate of drug-likeness (QED) is 0.743. The Morgan fingerprint density at radius 3 is 2.33 bits per heavy atom. The topological polar surface area (TPSA) is 29.1 Å². The highest BCUT2D eigenvalue weighted by Gasteiger charge is 2.32. The maximum absolute atomic E-state index is 12.4. The van der Waals surface area contributed by atoms with Crippen molar-refractivity contribution in [1.82, 2.24) is 0 Å². The molecule has 0 unspecified atom stereocenters. The predicted molar refractivity (Wildman–Crippen MR) is 92.4 cm³/mol. The number of benzene rings is 1. The van der Waals surface area contributed by atoms with Gasteiger partial charge in [0.05, 0.1) is 5.69 Å². The molecule has 1 aliphatic carbocycles. The lowest BCUT2D eigenvalue weighted by molar-refractivity contribution is -0.121. The molecule has 0 radical (unpaired) electrons. The summed E-state index contributed by atoms with van der Waals surface area (Å²) in [6.45, 7) is 8.97. The lowest BCUT2D eigenvalue weighted by Crippen LogP contribution is -2.31. The summed E-state index contributed by atoms with van der Waals surface area (Å²) in [4.78, 5) is 12.4. The molecule has 116 valence electrons. The van der Waals surface area contributed by atoms with Crippen molar-refractivity contribution in [3.63, 3.8) is 0 Å². The number of nitrogens with one attached hydrogen (secondary N) is 1. The highest BCUT2D eigenvalue weighted by Crippen LogP contribution is 2.40. The number of halogens is 1. The zero-order valence-electron chi connectivity index (χ0n) is 13.5. The largest absolute Gasteiger partial charge is 0.325 e. The summed E-state index contributed by atoms with van der Waals surface area (Å²) in [6.07, 6.45) is 4.35. The Labute approximate surface area is 136 Å². The van der Waals surface area contributed by atoms with Gasteiger partial charge in [0.2, 0.25) is 5.91 Å². The van der Waals surface area contributed by atoms with Crippen molar-refractivity contribution >= 4 is 27.5 Å². The highest BCUT2D eigenvalue weighted by molar-refractivity contribution is 9.10. The molecular weight excluding hydrogens is 326 g/mol. The van der Waals surface area contributed by atoms with Gasteiger partial charge in [-0.05, 0) is 77.6 Å². The van der Waals surface area contributed by atoms with Gasteiger partial charge in [0.25, 0.3) is 0 Å². The minimum Gasteiger partial charge on any atom is -0.325 e. The number of hydrogen-bond donors (Lipinski definition) is 1. The van der Waals surface area contributed by atoms with Gasteiger partial charge in [-0.25, -0.2) is 0 Å². The molecule has 0 bridgehead atoms. The summed E-state index contributed by atoms with van der Waals surface area (Å²) in [5, 5.41) is 3.07. The zero-order valence-corrected chi connectivity index (χ0v) is 15.1. The van der Waals surface area contributed by atoms with E-state index in [1.165, 1.54) is 5.56 Å². The first-order chi connectivity index (χ1) is 9.77. The van der Waals surface area contributed by atoms with Gasteiger partial charge in [-0.15, -0.1) is 0 Å². The van der Waals surface area contributed by atoms with Crippen molar-refractivity contribution in [2.75, 3.05) is 5.32 Å². The van der Waals surface area contributed by atoms with Crippen molar-refractivity contribution in [2.24, 2.45) is 17.3 Å². The first kappa shape index (κ1) is 16.5. The van der Waals surface area contributed by atoms with E-state index in [0.717, 1.165) is 41.8 Å². The molecule has 1 aromatic rings. The molecule has 1 saturated carbocycles. The van der Waals surface area contributed by atoms with E-state index >= 15 is 0 Å². The standard InChI is InChI=1S/C18H26BrNO/c1-12-5-10-16(15(19)11-12)20-17(21)13-6-8-14(9-7-13)18(2,3)4/h5,10-11,13-14H,6-9H2,1-4H3,(H,20,21). The number of carbonyl (C=O) groups excluding carboxylic acids is 1. The summed E-state index contributed by atoms with van der Waals surface area (Å²) in [7, 11) is 0. The van der Waals surface area contributed by atoms with Crippen LogP contribution >= 0.6 is 15.9 Å². The van der Waals surface area contributed by atoms with Gasteiger partial charge in [0, 0.05) is 10.4 Å². The van der Waals surface area contributed by atoms with E-state index in [4.69, 9.17) is 0 Å². The number of amides is 1. The first-order valence-corrected chi connectivity index (χ1v) is 8.63. The van der Waals surface area contributed by atoms with Gasteiger partial charge in [0.1, 0.15) is 0 Å². The Morgan fingerprint density at radius 2 is 1.81 bits per heavy atom. The van der Waals surface area contributed by atoms with Crippen LogP contribution in [0.25, 0.3) is 0 Å². The van der Waals surface area contributed by atoms with Gasteiger partial charge in [-0.2, -0.15) is 0 Å². The van der Waals surface area contributed by atoms with Crippen molar-refractivity contribution in [1.29, 1.82) is 0 Å². The highest BCUT2D eigenvalue weighted by atomic mass is 79.9. The summed E-state index contributed by atoms with van der Waals surface area (Å²) >= 11 is 3.52. The van der Waals surface area contributed by atoms with Crippen LogP contribution in [0.15, 0.2) is 22.7 Å². The predicted octanol–water partition coefficient (Wildman–Crippen LogP) is 5.55. The summed E-state index contributed by atoms with van der Waals surface area (Å²) in [5.74, 6) is 1.08. The number of anilines is 1. The van der Waals surface area contributed by atoms with Crippen LogP contribution in [-0.4, -0.2) is 5.91 Å². The molecule has 1 aromatic carbocycles. The van der Waals surface area contributed by atoms with E-state index in [2.05, 4.69) is 42.0 Å². The Balaban J connectivity index is 1.93. The summed E-state index contributed by atoms with van der Waals surface area (Å²) in [5.41, 5.74) is 2.43. The second-order valence-corrected chi connectivity index (χ2v) is 8.24. The van der Waals surface area contributed by atoms with Crippen LogP contribution in [0.3, 0.4) is 0 Å². The van der Waals surface area contributed by atoms with Crippen LogP contribution in [0.1, 0.15) is 52.0 Å². The average molecular weight is 352 g/mol. The molecule has 0 aliphatic heterocycles. The zero-order chi connectivity index (χ0) is 15.6. The van der Waals surface area contributed by atoms with Crippen molar-refractivity contribution in [2.45, 2.75) is 53.4 Å². The second kappa shape index (κ2) is 6.51. The van der Waals surface area contributed by atoms with Crippen molar-refractivity contribution in [3.8, 4) is 0 Å². The minimum absolute atomic E-state index is 0.164. The van der Waals surface area contributed by atoms with Crippen LogP contribution in [0.4, 0.5) is 5.69 Å². The Hall–Kier alpha value is -0.830. The molecule has 0 spiro atoms. The van der Waals surface area contributed by atoms with Crippen molar-refractivity contribution < 1.29 is 4.79 Å². The molecule has 1 N–H and O–H groups in total. The molecule has 3 heteroatoms. The number of carbonyl (C=O) groups is 1. The molecule has 1 fully saturated rings. The van der Waals surface area contributed by atoms with E-state index in [1.54, 1.807) is 0 Å². The molecular formula is C18H26BrNO. The van der Waals surface area contributed by atoms with E-state index in [0.29, 0.717) is 5.41 Å². The van der Waals surface area contributed by atoms with Crippen LogP contribution in [0.5, 0.6) is 0 Å². The number of aryl methyl sites for hydroxylation is 1. The van der Waals surface area contributed by atoms with Gasteiger partial charge >= 0.3 is 0 Å². The molecule has 1 amide bonds. The summed E-state index contributed by atoms with van der Waals surface area (Å²) < 4.78 is 0.958. The fourth-order valence-corrected chi connectivity index (χ4v) is 3.77. The molecule has 0 atom stereocenters. The first-order valence-electron chi connectivity index (χ1n) is 7.84. The fourth-order valence-electron chi connectivity index (χ4n) is 3.18. The maximum atomic E-state index is 12.4. The normalized spacial score (nSPS) is 22.9. The second-order valence-electron chi connectivity index (χ2n) is 7.39. The molecule has 2 rings (SSSR count). The van der Waals surface area contributed by atoms with Crippen LogP contribution in [-0.2, 0) is 4.79 Å². The van der Waals surface area contributed by atoms with E-state index in [1.807, 2.05) is 25.1 Å². The van der Waals surface area contributed by atoms with Gasteiger partial charge in [-0.3, -0.25) is 4.79 Å². The Bertz CT molecular complexity index is 510. The third-order valence-corrected chi connectivity index (χ3v) is 5.36. The molecule has 0 heterocycles. The Kier molecular flexibility index (Phi) is 5.13. The van der Waals surface area contributed by atoms with Gasteiger partial charge in [-0.1, -0.05) is 26.8 Å². The van der Waals surface area contributed by atoms with Crippen LogP contribution < -0.4 is 5.32 Å². The lowest BCUT2D eigenvalue weighted by atomic mass is 9.69. The molecule has 2 nitrogen and oxygen atoms in total. The van der Waals surface area contributed by atoms with E-state index in [9.17, 15) is 4.79 Å². The monoisotopic (exact) mass is 351 g/mol. The van der Waals surface area contributed by atoms with Gasteiger partial charge < -0.3 is 5.32 Å². The van der Waals surface area contributed by atoms with E-state index < -0.39 is 0 Å². The van der Waals surface area contributed by atoms with Crippen LogP contribution in [0, 0.1) is 24.2 Å². The SMILES string of the molecule is Cc1ccc(NC(=O)C2CCC(C(C)(C)C)CC2)c(Br)c1.